The minimum atomic E-state index is 0.109. The molecular formula is C18H19ClN4O. The van der Waals surface area contributed by atoms with Crippen molar-refractivity contribution >= 4 is 23.1 Å². The number of aromatic nitrogens is 3. The van der Waals surface area contributed by atoms with Gasteiger partial charge in [0.2, 0.25) is 0 Å². The van der Waals surface area contributed by atoms with Crippen LogP contribution in [0.3, 0.4) is 0 Å². The van der Waals surface area contributed by atoms with Gasteiger partial charge in [0, 0.05) is 41.5 Å². The molecule has 0 unspecified atom stereocenters. The molecule has 0 fully saturated rings. The second-order valence-electron chi connectivity index (χ2n) is 6.17. The molecule has 0 bridgehead atoms. The third kappa shape index (κ3) is 2.54. The van der Waals surface area contributed by atoms with E-state index < -0.39 is 0 Å². The second-order valence-corrected chi connectivity index (χ2v) is 6.61. The summed E-state index contributed by atoms with van der Waals surface area (Å²) in [6.45, 7) is 0.676. The van der Waals surface area contributed by atoms with Gasteiger partial charge < -0.3 is 10.0 Å². The van der Waals surface area contributed by atoms with Crippen molar-refractivity contribution in [3.8, 4) is 11.3 Å². The van der Waals surface area contributed by atoms with E-state index in [9.17, 15) is 5.11 Å². The number of halogens is 1. The molecule has 1 aromatic carbocycles. The summed E-state index contributed by atoms with van der Waals surface area (Å²) < 4.78 is 1.90. The molecule has 24 heavy (non-hydrogen) atoms. The van der Waals surface area contributed by atoms with Crippen LogP contribution in [-0.2, 0) is 12.8 Å². The third-order valence-corrected chi connectivity index (χ3v) is 4.75. The Labute approximate surface area is 145 Å². The van der Waals surface area contributed by atoms with Crippen LogP contribution in [-0.4, -0.2) is 39.9 Å². The number of likely N-dealkylation sites (N-methyl/N-ethyl adjacent to an activating group) is 1. The molecule has 0 saturated carbocycles. The van der Waals surface area contributed by atoms with Crippen LogP contribution >= 0.6 is 11.6 Å². The lowest BCUT2D eigenvalue weighted by Crippen LogP contribution is -2.25. The highest BCUT2D eigenvalue weighted by atomic mass is 35.5. The van der Waals surface area contributed by atoms with E-state index in [4.69, 9.17) is 21.7 Å². The SMILES string of the molecule is CN(CCO)c1c2c(nc3cc(-c4cccc(Cl)c4)nn13)CCC2. The minimum Gasteiger partial charge on any atom is -0.395 e. The Morgan fingerprint density at radius 2 is 2.17 bits per heavy atom. The molecule has 0 saturated heterocycles. The van der Waals surface area contributed by atoms with Crippen LogP contribution in [0.1, 0.15) is 17.7 Å². The Kier molecular flexibility index (Phi) is 3.90. The highest BCUT2D eigenvalue weighted by molar-refractivity contribution is 6.30. The summed E-state index contributed by atoms with van der Waals surface area (Å²) in [5, 5.41) is 14.8. The van der Waals surface area contributed by atoms with E-state index in [-0.39, 0.29) is 6.61 Å². The number of aliphatic hydroxyl groups is 1. The molecule has 2 heterocycles. The Balaban J connectivity index is 1.91. The van der Waals surface area contributed by atoms with Crippen molar-refractivity contribution < 1.29 is 5.11 Å². The number of hydrogen-bond acceptors (Lipinski definition) is 4. The molecular weight excluding hydrogens is 324 g/mol. The van der Waals surface area contributed by atoms with Gasteiger partial charge in [0.1, 0.15) is 5.82 Å². The van der Waals surface area contributed by atoms with Gasteiger partial charge in [-0.15, -0.1) is 0 Å². The molecule has 5 nitrogen and oxygen atoms in total. The second kappa shape index (κ2) is 6.07. The summed E-state index contributed by atoms with van der Waals surface area (Å²) in [7, 11) is 1.99. The summed E-state index contributed by atoms with van der Waals surface area (Å²) >= 11 is 6.11. The average molecular weight is 343 g/mol. The van der Waals surface area contributed by atoms with Gasteiger partial charge in [-0.3, -0.25) is 0 Å². The van der Waals surface area contributed by atoms with E-state index in [1.807, 2.05) is 41.9 Å². The van der Waals surface area contributed by atoms with Gasteiger partial charge in [-0.05, 0) is 31.4 Å². The van der Waals surface area contributed by atoms with Gasteiger partial charge in [0.15, 0.2) is 5.65 Å². The van der Waals surface area contributed by atoms with E-state index in [1.54, 1.807) is 0 Å². The lowest BCUT2D eigenvalue weighted by molar-refractivity contribution is 0.303. The predicted molar refractivity (Wildman–Crippen MR) is 95.8 cm³/mol. The van der Waals surface area contributed by atoms with Gasteiger partial charge in [-0.1, -0.05) is 23.7 Å². The number of benzene rings is 1. The van der Waals surface area contributed by atoms with Gasteiger partial charge in [-0.2, -0.15) is 9.61 Å². The Morgan fingerprint density at radius 1 is 1.29 bits per heavy atom. The summed E-state index contributed by atoms with van der Waals surface area (Å²) in [6, 6.07) is 9.69. The van der Waals surface area contributed by atoms with Crippen molar-refractivity contribution in [2.75, 3.05) is 25.1 Å². The molecule has 1 aliphatic carbocycles. The third-order valence-electron chi connectivity index (χ3n) is 4.52. The van der Waals surface area contributed by atoms with E-state index in [0.29, 0.717) is 11.6 Å². The average Bonchev–Trinajstić information content (AvgIpc) is 3.18. The number of anilines is 1. The van der Waals surface area contributed by atoms with Gasteiger partial charge >= 0.3 is 0 Å². The van der Waals surface area contributed by atoms with Gasteiger partial charge in [0.25, 0.3) is 0 Å². The number of rotatable bonds is 4. The number of fused-ring (bicyclic) bond motifs is 2. The van der Waals surface area contributed by atoms with Crippen LogP contribution in [0, 0.1) is 0 Å². The normalized spacial score (nSPS) is 13.5. The fourth-order valence-corrected chi connectivity index (χ4v) is 3.59. The summed E-state index contributed by atoms with van der Waals surface area (Å²) in [5.41, 5.74) is 5.07. The minimum absolute atomic E-state index is 0.109. The zero-order chi connectivity index (χ0) is 16.7. The maximum absolute atomic E-state index is 9.33. The quantitative estimate of drug-likeness (QED) is 0.792. The van der Waals surface area contributed by atoms with Crippen molar-refractivity contribution in [3.05, 3.63) is 46.6 Å². The van der Waals surface area contributed by atoms with Crippen molar-refractivity contribution in [3.63, 3.8) is 0 Å². The summed E-state index contributed by atoms with van der Waals surface area (Å²) in [4.78, 5) is 6.87. The first-order valence-electron chi connectivity index (χ1n) is 8.17. The van der Waals surface area contributed by atoms with Crippen molar-refractivity contribution in [2.24, 2.45) is 0 Å². The van der Waals surface area contributed by atoms with E-state index in [1.165, 1.54) is 5.56 Å². The standard InChI is InChI=1S/C18H19ClN4O/c1-22(8-9-24)18-14-6-3-7-15(14)20-17-11-16(21-23(17)18)12-4-2-5-13(19)10-12/h2,4-5,10-11,24H,3,6-9H2,1H3. The fraction of sp³-hybridized carbons (Fsp3) is 0.333. The first-order valence-corrected chi connectivity index (χ1v) is 8.54. The topological polar surface area (TPSA) is 53.7 Å². The molecule has 1 N–H and O–H groups in total. The Bertz CT molecular complexity index is 905. The predicted octanol–water partition coefficient (Wildman–Crippen LogP) is 2.97. The van der Waals surface area contributed by atoms with Crippen LogP contribution in [0.15, 0.2) is 30.3 Å². The van der Waals surface area contributed by atoms with E-state index in [0.717, 1.165) is 47.7 Å². The zero-order valence-electron chi connectivity index (χ0n) is 13.5. The number of hydrogen-bond donors (Lipinski definition) is 1. The molecule has 0 aliphatic heterocycles. The van der Waals surface area contributed by atoms with Gasteiger partial charge in [0.05, 0.1) is 12.3 Å². The van der Waals surface area contributed by atoms with Crippen LogP contribution in [0.2, 0.25) is 5.02 Å². The number of aliphatic hydroxyl groups excluding tert-OH is 1. The molecule has 2 aromatic heterocycles. The van der Waals surface area contributed by atoms with Crippen LogP contribution in [0.4, 0.5) is 5.82 Å². The number of nitrogens with zero attached hydrogens (tertiary/aromatic N) is 4. The van der Waals surface area contributed by atoms with E-state index in [2.05, 4.69) is 4.90 Å². The molecule has 4 rings (SSSR count). The molecule has 3 aromatic rings. The maximum atomic E-state index is 9.33. The van der Waals surface area contributed by atoms with Gasteiger partial charge in [-0.25, -0.2) is 4.98 Å². The first kappa shape index (κ1) is 15.4. The van der Waals surface area contributed by atoms with Crippen LogP contribution in [0.25, 0.3) is 16.9 Å². The molecule has 0 radical (unpaired) electrons. The highest BCUT2D eigenvalue weighted by Gasteiger charge is 2.23. The first-order chi connectivity index (χ1) is 11.7. The highest BCUT2D eigenvalue weighted by Crippen LogP contribution is 2.32. The van der Waals surface area contributed by atoms with Crippen molar-refractivity contribution in [1.29, 1.82) is 0 Å². The molecule has 1 aliphatic rings. The smallest absolute Gasteiger partial charge is 0.158 e. The van der Waals surface area contributed by atoms with Crippen molar-refractivity contribution in [2.45, 2.75) is 19.3 Å². The fourth-order valence-electron chi connectivity index (χ4n) is 3.40. The monoisotopic (exact) mass is 342 g/mol. The Hall–Kier alpha value is -2.11. The largest absolute Gasteiger partial charge is 0.395 e. The molecule has 0 atom stereocenters. The Morgan fingerprint density at radius 3 is 2.96 bits per heavy atom. The summed E-state index contributed by atoms with van der Waals surface area (Å²) in [6.07, 6.45) is 3.13. The maximum Gasteiger partial charge on any atom is 0.158 e. The molecule has 0 spiro atoms. The van der Waals surface area contributed by atoms with Crippen LogP contribution < -0.4 is 4.90 Å². The van der Waals surface area contributed by atoms with Crippen molar-refractivity contribution in [1.82, 2.24) is 14.6 Å². The van der Waals surface area contributed by atoms with Crippen LogP contribution in [0.5, 0.6) is 0 Å². The lowest BCUT2D eigenvalue weighted by Gasteiger charge is -2.21. The molecule has 124 valence electrons. The molecule has 6 heteroatoms. The lowest BCUT2D eigenvalue weighted by atomic mass is 10.1. The summed E-state index contributed by atoms with van der Waals surface area (Å²) in [5.74, 6) is 1.04. The molecule has 0 amide bonds. The zero-order valence-corrected chi connectivity index (χ0v) is 14.3. The number of aryl methyl sites for hydroxylation is 1. The van der Waals surface area contributed by atoms with E-state index >= 15 is 0 Å².